The molecule has 0 fully saturated rings. The second-order valence-electron chi connectivity index (χ2n) is 12.3. The van der Waals surface area contributed by atoms with Gasteiger partial charge in [0.05, 0.1) is 11.9 Å². The van der Waals surface area contributed by atoms with E-state index in [0.29, 0.717) is 5.69 Å². The SMILES string of the molecule is CC(C)C(NC(=O)Cn1c(-c2ccc(F)cc2)ncc(NC(=O)OCc2ccccn2)c1=O)(O[Si](C)C)C(C(C)(C)C)C(F)(F)F. The molecule has 2 unspecified atom stereocenters. The zero-order chi connectivity index (χ0) is 34.4. The van der Waals surface area contributed by atoms with E-state index in [-0.39, 0.29) is 23.7 Å². The first-order valence-corrected chi connectivity index (χ1v) is 16.8. The van der Waals surface area contributed by atoms with Crippen LogP contribution >= 0.6 is 0 Å². The molecule has 1 aromatic carbocycles. The summed E-state index contributed by atoms with van der Waals surface area (Å²) >= 11 is 0. The van der Waals surface area contributed by atoms with E-state index in [1.165, 1.54) is 52.9 Å². The Bertz CT molecular complexity index is 1550. The molecule has 46 heavy (non-hydrogen) atoms. The number of ether oxygens (including phenoxy) is 1. The maximum absolute atomic E-state index is 14.8. The van der Waals surface area contributed by atoms with Crippen LogP contribution in [0.4, 0.5) is 28.0 Å². The topological polar surface area (TPSA) is 124 Å². The van der Waals surface area contributed by atoms with Crippen LogP contribution in [-0.2, 0) is 27.1 Å². The van der Waals surface area contributed by atoms with Gasteiger partial charge >= 0.3 is 12.3 Å². The molecule has 2 aromatic heterocycles. The molecule has 15 heteroatoms. The number of carbonyl (C=O) groups excluding carboxylic acids is 2. The van der Waals surface area contributed by atoms with E-state index in [1.807, 2.05) is 0 Å². The van der Waals surface area contributed by atoms with Gasteiger partial charge in [-0.25, -0.2) is 14.2 Å². The third-order valence-corrected chi connectivity index (χ3v) is 7.70. The molecule has 0 aliphatic carbocycles. The Morgan fingerprint density at radius 1 is 1.02 bits per heavy atom. The molecule has 0 aliphatic rings. The molecular weight excluding hydrogens is 626 g/mol. The number of halogens is 4. The van der Waals surface area contributed by atoms with Crippen LogP contribution in [0.15, 0.2) is 59.7 Å². The van der Waals surface area contributed by atoms with Gasteiger partial charge in [-0.05, 0) is 54.9 Å². The van der Waals surface area contributed by atoms with Crippen molar-refractivity contribution in [2.24, 2.45) is 17.3 Å². The molecule has 10 nitrogen and oxygen atoms in total. The third kappa shape index (κ3) is 9.00. The van der Waals surface area contributed by atoms with E-state index < -0.39 is 68.1 Å². The number of aromatic nitrogens is 3. The highest BCUT2D eigenvalue weighted by Gasteiger charge is 2.61. The molecule has 2 heterocycles. The molecule has 3 aromatic rings. The molecule has 0 aliphatic heterocycles. The summed E-state index contributed by atoms with van der Waals surface area (Å²) in [4.78, 5) is 48.2. The molecule has 0 spiro atoms. The number of rotatable bonds is 11. The molecule has 1 radical (unpaired) electrons. The second-order valence-corrected chi connectivity index (χ2v) is 14.3. The summed E-state index contributed by atoms with van der Waals surface area (Å²) in [5.74, 6) is -4.62. The highest BCUT2D eigenvalue weighted by atomic mass is 28.3. The highest BCUT2D eigenvalue weighted by Crippen LogP contribution is 2.49. The Hall–Kier alpha value is -4.11. The number of anilines is 1. The fourth-order valence-corrected chi connectivity index (χ4v) is 6.27. The smallest absolute Gasteiger partial charge is 0.412 e. The number of hydrogen-bond acceptors (Lipinski definition) is 7. The molecule has 0 bridgehead atoms. The van der Waals surface area contributed by atoms with Crippen molar-refractivity contribution < 1.29 is 36.3 Å². The summed E-state index contributed by atoms with van der Waals surface area (Å²) in [6.07, 6.45) is -3.23. The van der Waals surface area contributed by atoms with Crippen molar-refractivity contribution in [2.45, 2.75) is 72.8 Å². The number of nitrogens with zero attached hydrogens (tertiary/aromatic N) is 3. The summed E-state index contributed by atoms with van der Waals surface area (Å²) in [5, 5.41) is 4.80. The zero-order valence-corrected chi connectivity index (χ0v) is 27.7. The van der Waals surface area contributed by atoms with Gasteiger partial charge in [0, 0.05) is 17.7 Å². The lowest BCUT2D eigenvalue weighted by atomic mass is 9.70. The molecule has 2 amide bonds. The maximum atomic E-state index is 14.8. The maximum Gasteiger partial charge on any atom is 0.412 e. The quantitative estimate of drug-likeness (QED) is 0.143. The lowest BCUT2D eigenvalue weighted by Crippen LogP contribution is -2.67. The molecule has 2 N–H and O–H groups in total. The molecule has 0 saturated carbocycles. The zero-order valence-electron chi connectivity index (χ0n) is 26.7. The van der Waals surface area contributed by atoms with Crippen molar-refractivity contribution in [2.75, 3.05) is 5.32 Å². The number of pyridine rings is 1. The summed E-state index contributed by atoms with van der Waals surface area (Å²) in [5.41, 5.74) is -4.19. The number of nitrogens with one attached hydrogen (secondary N) is 2. The first kappa shape index (κ1) is 36.4. The summed E-state index contributed by atoms with van der Waals surface area (Å²) < 4.78 is 70.0. The van der Waals surface area contributed by atoms with Crippen LogP contribution < -0.4 is 16.2 Å². The van der Waals surface area contributed by atoms with Crippen LogP contribution in [0.5, 0.6) is 0 Å². The van der Waals surface area contributed by atoms with Gasteiger partial charge in [-0.15, -0.1) is 0 Å². The average molecular weight is 665 g/mol. The number of carbonyl (C=O) groups is 2. The molecule has 2 atom stereocenters. The van der Waals surface area contributed by atoms with Gasteiger partial charge in [-0.1, -0.05) is 40.7 Å². The van der Waals surface area contributed by atoms with Gasteiger partial charge in [0.2, 0.25) is 14.9 Å². The van der Waals surface area contributed by atoms with Gasteiger partial charge in [0.1, 0.15) is 42.1 Å². The van der Waals surface area contributed by atoms with Crippen LogP contribution in [0.25, 0.3) is 11.4 Å². The van der Waals surface area contributed by atoms with Gasteiger partial charge in [-0.2, -0.15) is 13.2 Å². The summed E-state index contributed by atoms with van der Waals surface area (Å²) in [6.45, 7) is 9.60. The highest BCUT2D eigenvalue weighted by molar-refractivity contribution is 6.48. The van der Waals surface area contributed by atoms with Crippen LogP contribution in [-0.4, -0.2) is 47.5 Å². The van der Waals surface area contributed by atoms with E-state index in [4.69, 9.17) is 9.16 Å². The second kappa shape index (κ2) is 14.5. The lowest BCUT2D eigenvalue weighted by Gasteiger charge is -2.50. The largest absolute Gasteiger partial charge is 0.443 e. The standard InChI is InChI=1S/C31H38F4N5O5Si/c1-19(2)30(45-46(6)7,27(29(3,4)5)31(33,34)35)39-24(41)17-40-25(20-11-13-21(32)14-12-20)37-16-23(26(40)42)38-28(43)44-18-22-10-8-9-15-36-22/h8-16,19,27H,17-18H2,1-7H3,(H,38,43)(H,39,41). The Balaban J connectivity index is 2.05. The molecule has 249 valence electrons. The first-order valence-electron chi connectivity index (χ1n) is 14.4. The summed E-state index contributed by atoms with van der Waals surface area (Å²) in [6, 6.07) is 9.90. The van der Waals surface area contributed by atoms with E-state index in [2.05, 4.69) is 20.6 Å². The minimum Gasteiger partial charge on any atom is -0.443 e. The van der Waals surface area contributed by atoms with Crippen molar-refractivity contribution in [3.8, 4) is 11.4 Å². The number of hydrogen-bond donors (Lipinski definition) is 2. The summed E-state index contributed by atoms with van der Waals surface area (Å²) in [7, 11) is -1.82. The van der Waals surface area contributed by atoms with Crippen LogP contribution in [0.3, 0.4) is 0 Å². The van der Waals surface area contributed by atoms with Crippen molar-refractivity contribution in [1.29, 1.82) is 0 Å². The molecule has 3 rings (SSSR count). The normalized spacial score (nSPS) is 14.1. The van der Waals surface area contributed by atoms with Crippen LogP contribution in [0, 0.1) is 23.1 Å². The Kier molecular flexibility index (Phi) is 11.5. The fraction of sp³-hybridized carbons (Fsp3) is 0.452. The van der Waals surface area contributed by atoms with Gasteiger partial charge < -0.3 is 14.5 Å². The lowest BCUT2D eigenvalue weighted by molar-refractivity contribution is -0.265. The minimum atomic E-state index is -4.77. The predicted octanol–water partition coefficient (Wildman–Crippen LogP) is 6.15. The van der Waals surface area contributed by atoms with Crippen molar-refractivity contribution in [3.63, 3.8) is 0 Å². The predicted molar refractivity (Wildman–Crippen MR) is 165 cm³/mol. The fourth-order valence-electron chi connectivity index (χ4n) is 5.19. The number of benzene rings is 1. The number of amides is 2. The average Bonchev–Trinajstić information content (AvgIpc) is 2.93. The monoisotopic (exact) mass is 664 g/mol. The minimum absolute atomic E-state index is 0.0949. The van der Waals surface area contributed by atoms with E-state index in [9.17, 15) is 31.9 Å². The third-order valence-electron chi connectivity index (χ3n) is 6.95. The van der Waals surface area contributed by atoms with Crippen LogP contribution in [0.2, 0.25) is 13.1 Å². The van der Waals surface area contributed by atoms with Crippen molar-refractivity contribution in [1.82, 2.24) is 19.9 Å². The first-order chi connectivity index (χ1) is 21.3. The number of alkyl halides is 3. The van der Waals surface area contributed by atoms with Crippen molar-refractivity contribution >= 4 is 26.7 Å². The van der Waals surface area contributed by atoms with Crippen molar-refractivity contribution in [3.05, 3.63) is 76.7 Å². The van der Waals surface area contributed by atoms with Gasteiger partial charge in [0.15, 0.2) is 0 Å². The van der Waals surface area contributed by atoms with Crippen LogP contribution in [0.1, 0.15) is 40.3 Å². The van der Waals surface area contributed by atoms with E-state index in [1.54, 1.807) is 31.3 Å². The molecular formula is C31H38F4N5O5Si. The Morgan fingerprint density at radius 2 is 1.67 bits per heavy atom. The molecule has 0 saturated heterocycles. The van der Waals surface area contributed by atoms with E-state index >= 15 is 0 Å². The van der Waals surface area contributed by atoms with E-state index in [0.717, 1.165) is 22.9 Å². The van der Waals surface area contributed by atoms with Gasteiger partial charge in [-0.3, -0.25) is 24.5 Å². The van der Waals surface area contributed by atoms with Gasteiger partial charge in [0.25, 0.3) is 5.56 Å². The Morgan fingerprint density at radius 3 is 2.20 bits per heavy atom. The Labute approximate surface area is 266 Å².